The fourth-order valence-electron chi connectivity index (χ4n) is 5.04. The molecule has 11 heteroatoms. The smallest absolute Gasteiger partial charge is 0.344 e. The number of carbonyl (C=O) groups is 2. The van der Waals surface area contributed by atoms with E-state index in [-0.39, 0.29) is 74.0 Å². The van der Waals surface area contributed by atoms with Gasteiger partial charge in [0.2, 0.25) is 0 Å². The van der Waals surface area contributed by atoms with Crippen LogP contribution in [0.4, 0.5) is 10.1 Å². The van der Waals surface area contributed by atoms with Crippen LogP contribution in [0.2, 0.25) is 0 Å². The quantitative estimate of drug-likeness (QED) is 0.198. The third-order valence-corrected chi connectivity index (χ3v) is 7.05. The first-order chi connectivity index (χ1) is 19.9. The number of esters is 1. The molecule has 0 aliphatic carbocycles. The van der Waals surface area contributed by atoms with Gasteiger partial charge in [0.15, 0.2) is 29.7 Å². The molecule has 9 nitrogen and oxygen atoms in total. The number of nitrogens with one attached hydrogen (secondary N) is 1. The van der Waals surface area contributed by atoms with Crippen LogP contribution in [0, 0.1) is 11.2 Å². The van der Waals surface area contributed by atoms with Crippen molar-refractivity contribution in [3.8, 4) is 17.2 Å². The molecule has 0 spiro atoms. The summed E-state index contributed by atoms with van der Waals surface area (Å²) in [7, 11) is 0. The minimum Gasteiger partial charge on any atom is -0.490 e. The lowest BCUT2D eigenvalue weighted by atomic mass is 9.84. The van der Waals surface area contributed by atoms with Gasteiger partial charge in [-0.05, 0) is 63.8 Å². The molecule has 0 unspecified atom stereocenters. The predicted molar refractivity (Wildman–Crippen MR) is 168 cm³/mol. The van der Waals surface area contributed by atoms with E-state index in [0.29, 0.717) is 42.3 Å². The van der Waals surface area contributed by atoms with Crippen LogP contribution in [0.25, 0.3) is 0 Å². The summed E-state index contributed by atoms with van der Waals surface area (Å²) < 4.78 is 37.8. The number of Topliss-reactive ketones (excluding diaryl/α,β-unsaturated/α-hetero) is 1. The van der Waals surface area contributed by atoms with Crippen molar-refractivity contribution in [3.05, 3.63) is 46.3 Å². The second kappa shape index (κ2) is 15.3. The zero-order valence-electron chi connectivity index (χ0n) is 26.5. The average molecular weight is 622 g/mol. The van der Waals surface area contributed by atoms with Crippen LogP contribution in [0.1, 0.15) is 82.4 Å². The summed E-state index contributed by atoms with van der Waals surface area (Å²) in [6.45, 7) is 17.3. The molecule has 2 aromatic carbocycles. The summed E-state index contributed by atoms with van der Waals surface area (Å²) >= 11 is 0. The molecule has 1 aliphatic heterocycles. The number of halogens is 2. The maximum Gasteiger partial charge on any atom is 0.344 e. The molecular formula is C32H45ClFN3O6. The molecule has 0 fully saturated rings. The Labute approximate surface area is 260 Å². The highest BCUT2D eigenvalue weighted by Gasteiger charge is 2.34. The first-order valence-corrected chi connectivity index (χ1v) is 14.6. The molecule has 0 aromatic heterocycles. The zero-order valence-corrected chi connectivity index (χ0v) is 27.3. The van der Waals surface area contributed by atoms with Crippen molar-refractivity contribution >= 4 is 35.7 Å². The highest BCUT2D eigenvalue weighted by atomic mass is 35.5. The van der Waals surface area contributed by atoms with Gasteiger partial charge in [0, 0.05) is 30.8 Å². The number of nitrogens with zero attached hydrogens (tertiary/aromatic N) is 2. The molecule has 0 bridgehead atoms. The molecule has 1 aliphatic rings. The third-order valence-electron chi connectivity index (χ3n) is 7.05. The van der Waals surface area contributed by atoms with Crippen molar-refractivity contribution in [2.45, 2.75) is 67.3 Å². The van der Waals surface area contributed by atoms with Crippen LogP contribution >= 0.6 is 12.4 Å². The van der Waals surface area contributed by atoms with Crippen molar-refractivity contribution in [1.82, 2.24) is 4.90 Å². The second-order valence-corrected chi connectivity index (χ2v) is 10.9. The van der Waals surface area contributed by atoms with Gasteiger partial charge in [-0.25, -0.2) is 9.18 Å². The minimum absolute atomic E-state index is 0. The summed E-state index contributed by atoms with van der Waals surface area (Å²) in [4.78, 5) is 29.6. The molecule has 238 valence electrons. The van der Waals surface area contributed by atoms with Crippen molar-refractivity contribution in [2.24, 2.45) is 0 Å². The Morgan fingerprint density at radius 1 is 0.953 bits per heavy atom. The fourth-order valence-corrected chi connectivity index (χ4v) is 5.04. The van der Waals surface area contributed by atoms with Crippen LogP contribution in [-0.2, 0) is 21.5 Å². The molecule has 0 atom stereocenters. The van der Waals surface area contributed by atoms with Crippen LogP contribution in [0.15, 0.2) is 18.2 Å². The summed E-state index contributed by atoms with van der Waals surface area (Å²) in [5, 5.41) is 8.73. The number of ether oxygens (including phenoxy) is 4. The third kappa shape index (κ3) is 7.90. The molecule has 0 radical (unpaired) electrons. The number of hydrogen-bond donors (Lipinski definition) is 1. The Morgan fingerprint density at radius 2 is 1.60 bits per heavy atom. The van der Waals surface area contributed by atoms with E-state index in [0.717, 1.165) is 5.56 Å². The van der Waals surface area contributed by atoms with Gasteiger partial charge in [-0.1, -0.05) is 20.8 Å². The SMILES string of the molecule is CCOC(=O)COc1c(N(CC)CC)cc(C(=O)CN2Cc3cc(OCC)c(OCC)c(F)c3C2=N)cc1C(C)(C)C.Cl. The lowest BCUT2D eigenvalue weighted by Crippen LogP contribution is -2.31. The molecule has 1 N–H and O–H groups in total. The fraction of sp³-hybridized carbons (Fsp3) is 0.531. The van der Waals surface area contributed by atoms with E-state index in [1.165, 1.54) is 0 Å². The number of rotatable bonds is 14. The van der Waals surface area contributed by atoms with E-state index in [1.807, 2.05) is 34.6 Å². The molecule has 2 aromatic rings. The summed E-state index contributed by atoms with van der Waals surface area (Å²) in [5.41, 5.74) is 2.18. The van der Waals surface area contributed by atoms with Gasteiger partial charge < -0.3 is 28.7 Å². The number of fused-ring (bicyclic) bond motifs is 1. The monoisotopic (exact) mass is 621 g/mol. The van der Waals surface area contributed by atoms with E-state index in [2.05, 4.69) is 4.90 Å². The lowest BCUT2D eigenvalue weighted by molar-refractivity contribution is -0.145. The van der Waals surface area contributed by atoms with Crippen molar-refractivity contribution in [3.63, 3.8) is 0 Å². The molecule has 0 saturated heterocycles. The largest absolute Gasteiger partial charge is 0.490 e. The topological polar surface area (TPSA) is 101 Å². The van der Waals surface area contributed by atoms with E-state index in [4.69, 9.17) is 24.4 Å². The van der Waals surface area contributed by atoms with E-state index < -0.39 is 17.2 Å². The highest BCUT2D eigenvalue weighted by molar-refractivity contribution is 6.06. The number of benzene rings is 2. The zero-order chi connectivity index (χ0) is 31.2. The Morgan fingerprint density at radius 3 is 2.16 bits per heavy atom. The summed E-state index contributed by atoms with van der Waals surface area (Å²) in [6.07, 6.45) is 0. The first kappa shape index (κ1) is 35.7. The van der Waals surface area contributed by atoms with Gasteiger partial charge in [0.1, 0.15) is 11.6 Å². The standard InChI is InChI=1S/C32H44FN3O6.ClH/c1-9-35(10-2)23-15-20(14-22(32(6,7)8)29(23)42-19-26(38)40-12-4)24(37)18-36-17-21-16-25(39-11-3)30(41-13-5)28(33)27(21)31(36)34;/h14-16,34H,9-13,17-19H2,1-8H3;1H. The Hall–Kier alpha value is -3.53. The van der Waals surface area contributed by atoms with E-state index >= 15 is 4.39 Å². The second-order valence-electron chi connectivity index (χ2n) is 10.9. The Balaban J connectivity index is 0.00000645. The van der Waals surface area contributed by atoms with E-state index in [9.17, 15) is 9.59 Å². The number of anilines is 1. The van der Waals surface area contributed by atoms with Gasteiger partial charge >= 0.3 is 5.97 Å². The number of amidine groups is 1. The van der Waals surface area contributed by atoms with Gasteiger partial charge in [0.05, 0.1) is 37.6 Å². The normalized spacial score (nSPS) is 12.4. The van der Waals surface area contributed by atoms with Gasteiger partial charge in [-0.3, -0.25) is 10.2 Å². The minimum atomic E-state index is -0.653. The maximum atomic E-state index is 15.5. The Kier molecular flexibility index (Phi) is 12.7. The predicted octanol–water partition coefficient (Wildman–Crippen LogP) is 6.15. The first-order valence-electron chi connectivity index (χ1n) is 14.6. The van der Waals surface area contributed by atoms with Crippen molar-refractivity contribution < 1.29 is 32.9 Å². The maximum absolute atomic E-state index is 15.5. The molecule has 43 heavy (non-hydrogen) atoms. The molecular weight excluding hydrogens is 577 g/mol. The van der Waals surface area contributed by atoms with E-state index in [1.54, 1.807) is 43.9 Å². The average Bonchev–Trinajstić information content (AvgIpc) is 3.24. The van der Waals surface area contributed by atoms with Crippen LogP contribution in [-0.4, -0.2) is 68.5 Å². The van der Waals surface area contributed by atoms with Crippen molar-refractivity contribution in [2.75, 3.05) is 51.0 Å². The summed E-state index contributed by atoms with van der Waals surface area (Å²) in [6, 6.07) is 5.26. The summed E-state index contributed by atoms with van der Waals surface area (Å²) in [5.74, 6) is -0.622. The molecule has 0 saturated carbocycles. The van der Waals surface area contributed by atoms with Gasteiger partial charge in [-0.2, -0.15) is 0 Å². The number of hydrogen-bond acceptors (Lipinski definition) is 8. The number of carbonyl (C=O) groups excluding carboxylic acids is 2. The van der Waals surface area contributed by atoms with Gasteiger partial charge in [-0.15, -0.1) is 12.4 Å². The molecule has 3 rings (SSSR count). The van der Waals surface area contributed by atoms with Crippen LogP contribution < -0.4 is 19.1 Å². The highest BCUT2D eigenvalue weighted by Crippen LogP contribution is 2.42. The van der Waals surface area contributed by atoms with Crippen molar-refractivity contribution in [1.29, 1.82) is 5.41 Å². The van der Waals surface area contributed by atoms with Crippen LogP contribution in [0.3, 0.4) is 0 Å². The lowest BCUT2D eigenvalue weighted by Gasteiger charge is -2.30. The van der Waals surface area contributed by atoms with Crippen LogP contribution in [0.5, 0.6) is 17.2 Å². The molecule has 1 heterocycles. The Bertz CT molecular complexity index is 1320. The number of ketones is 1. The van der Waals surface area contributed by atoms with Gasteiger partial charge in [0.25, 0.3) is 0 Å². The molecule has 0 amide bonds.